The largest absolute Gasteiger partial charge is 0.331 e. The van der Waals surface area contributed by atoms with Crippen LogP contribution >= 0.6 is 0 Å². The fraction of sp³-hybridized carbons (Fsp3) is 0.933. The Morgan fingerprint density at radius 1 is 1.05 bits per heavy atom. The minimum absolute atomic E-state index is 0.166. The molecule has 19 heavy (non-hydrogen) atoms. The molecule has 4 nitrogen and oxygen atoms in total. The average molecular weight is 265 g/mol. The molecule has 0 atom stereocenters. The van der Waals surface area contributed by atoms with Gasteiger partial charge in [-0.15, -0.1) is 0 Å². The van der Waals surface area contributed by atoms with Crippen LogP contribution in [0.2, 0.25) is 0 Å². The summed E-state index contributed by atoms with van der Waals surface area (Å²) in [4.78, 5) is 15.6. The molecule has 0 aromatic carbocycles. The number of hydrogen-bond acceptors (Lipinski definition) is 2. The van der Waals surface area contributed by atoms with E-state index in [1.807, 2.05) is 19.0 Å². The molecular weight excluding hydrogens is 238 g/mol. The van der Waals surface area contributed by atoms with Gasteiger partial charge >= 0.3 is 6.03 Å². The van der Waals surface area contributed by atoms with Crippen LogP contribution in [0.5, 0.6) is 0 Å². The Morgan fingerprint density at radius 3 is 2.00 bits per heavy atom. The summed E-state index contributed by atoms with van der Waals surface area (Å²) in [7, 11) is 3.67. The van der Waals surface area contributed by atoms with Crippen molar-refractivity contribution in [3.05, 3.63) is 0 Å². The van der Waals surface area contributed by atoms with E-state index in [-0.39, 0.29) is 6.03 Å². The second-order valence-corrected chi connectivity index (χ2v) is 6.81. The highest BCUT2D eigenvalue weighted by Gasteiger charge is 2.42. The molecule has 3 rings (SSSR count). The van der Waals surface area contributed by atoms with E-state index >= 15 is 0 Å². The van der Waals surface area contributed by atoms with Gasteiger partial charge in [0.15, 0.2) is 0 Å². The van der Waals surface area contributed by atoms with Crippen molar-refractivity contribution in [3.8, 4) is 0 Å². The molecule has 2 amide bonds. The van der Waals surface area contributed by atoms with Crippen LogP contribution in [0.15, 0.2) is 0 Å². The van der Waals surface area contributed by atoms with Gasteiger partial charge in [-0.2, -0.15) is 0 Å². The lowest BCUT2D eigenvalue weighted by Gasteiger charge is -2.36. The standard InChI is InChI=1S/C15H27N3O/c1-17(2)15(19)18-9-7-13(8-10-18)16-14(11-3-4-11)12-5-6-12/h11-14,16H,3-10H2,1-2H3. The molecule has 1 N–H and O–H groups in total. The van der Waals surface area contributed by atoms with E-state index in [9.17, 15) is 4.79 Å². The molecule has 1 heterocycles. The first kappa shape index (κ1) is 13.2. The number of nitrogens with one attached hydrogen (secondary N) is 1. The van der Waals surface area contributed by atoms with E-state index in [0.29, 0.717) is 6.04 Å². The summed E-state index contributed by atoms with van der Waals surface area (Å²) < 4.78 is 0. The number of piperidine rings is 1. The van der Waals surface area contributed by atoms with Gasteiger partial charge in [-0.3, -0.25) is 0 Å². The summed E-state index contributed by atoms with van der Waals surface area (Å²) in [6.45, 7) is 1.83. The van der Waals surface area contributed by atoms with Crippen molar-refractivity contribution in [2.24, 2.45) is 11.8 Å². The lowest BCUT2D eigenvalue weighted by atomic mass is 10.0. The Balaban J connectivity index is 1.45. The number of urea groups is 1. The van der Waals surface area contributed by atoms with Gasteiger partial charge in [0, 0.05) is 39.3 Å². The first-order chi connectivity index (χ1) is 9.15. The zero-order valence-corrected chi connectivity index (χ0v) is 12.3. The SMILES string of the molecule is CN(C)C(=O)N1CCC(NC(C2CC2)C2CC2)CC1. The molecule has 1 saturated heterocycles. The molecule has 0 radical (unpaired) electrons. The van der Waals surface area contributed by atoms with E-state index in [0.717, 1.165) is 43.8 Å². The quantitative estimate of drug-likeness (QED) is 0.843. The molecule has 0 aromatic rings. The zero-order valence-electron chi connectivity index (χ0n) is 12.3. The molecule has 108 valence electrons. The molecule has 1 aliphatic heterocycles. The summed E-state index contributed by atoms with van der Waals surface area (Å²) in [6.07, 6.45) is 7.99. The third-order valence-corrected chi connectivity index (χ3v) is 4.84. The van der Waals surface area contributed by atoms with E-state index in [4.69, 9.17) is 0 Å². The molecule has 3 aliphatic rings. The first-order valence-electron chi connectivity index (χ1n) is 7.87. The predicted molar refractivity (Wildman–Crippen MR) is 76.0 cm³/mol. The summed E-state index contributed by atoms with van der Waals surface area (Å²) >= 11 is 0. The molecule has 0 bridgehead atoms. The molecule has 2 saturated carbocycles. The van der Waals surface area contributed by atoms with Crippen LogP contribution in [-0.2, 0) is 0 Å². The first-order valence-corrected chi connectivity index (χ1v) is 7.87. The Labute approximate surface area is 116 Å². The second-order valence-electron chi connectivity index (χ2n) is 6.81. The van der Waals surface area contributed by atoms with Crippen LogP contribution in [0, 0.1) is 11.8 Å². The normalized spacial score (nSPS) is 24.9. The lowest BCUT2D eigenvalue weighted by molar-refractivity contribution is 0.149. The monoisotopic (exact) mass is 265 g/mol. The average Bonchev–Trinajstić information content (AvgIpc) is 3.29. The molecule has 2 aliphatic carbocycles. The number of nitrogens with zero attached hydrogens (tertiary/aromatic N) is 2. The van der Waals surface area contributed by atoms with Gasteiger partial charge in [-0.05, 0) is 50.4 Å². The van der Waals surface area contributed by atoms with Crippen LogP contribution < -0.4 is 5.32 Å². The summed E-state index contributed by atoms with van der Waals surface area (Å²) in [5, 5.41) is 3.92. The van der Waals surface area contributed by atoms with E-state index in [1.165, 1.54) is 25.7 Å². The Hall–Kier alpha value is -0.770. The highest BCUT2D eigenvalue weighted by Crippen LogP contribution is 2.44. The van der Waals surface area contributed by atoms with Crippen molar-refractivity contribution in [1.82, 2.24) is 15.1 Å². The number of hydrogen-bond donors (Lipinski definition) is 1. The molecule has 4 heteroatoms. The lowest BCUT2D eigenvalue weighted by Crippen LogP contribution is -2.50. The minimum atomic E-state index is 0.166. The fourth-order valence-corrected chi connectivity index (χ4v) is 3.36. The zero-order chi connectivity index (χ0) is 13.4. The van der Waals surface area contributed by atoms with Crippen LogP contribution in [0.1, 0.15) is 38.5 Å². The summed E-state index contributed by atoms with van der Waals surface area (Å²) in [6, 6.07) is 1.60. The molecule has 0 unspecified atom stereocenters. The molecule has 3 fully saturated rings. The Morgan fingerprint density at radius 2 is 1.58 bits per heavy atom. The van der Waals surface area contributed by atoms with Crippen molar-refractivity contribution in [1.29, 1.82) is 0 Å². The maximum absolute atomic E-state index is 11.9. The topological polar surface area (TPSA) is 35.6 Å². The van der Waals surface area contributed by atoms with Gasteiger partial charge in [0.2, 0.25) is 0 Å². The number of likely N-dealkylation sites (tertiary alicyclic amines) is 1. The maximum Gasteiger partial charge on any atom is 0.319 e. The van der Waals surface area contributed by atoms with Crippen LogP contribution in [0.3, 0.4) is 0 Å². The van der Waals surface area contributed by atoms with Crippen LogP contribution in [0.25, 0.3) is 0 Å². The summed E-state index contributed by atoms with van der Waals surface area (Å²) in [5.41, 5.74) is 0. The van der Waals surface area contributed by atoms with E-state index in [1.54, 1.807) is 4.90 Å². The van der Waals surface area contributed by atoms with Crippen LogP contribution in [0.4, 0.5) is 4.79 Å². The third-order valence-electron chi connectivity index (χ3n) is 4.84. The predicted octanol–water partition coefficient (Wildman–Crippen LogP) is 1.91. The van der Waals surface area contributed by atoms with E-state index in [2.05, 4.69) is 5.32 Å². The number of carbonyl (C=O) groups excluding carboxylic acids is 1. The third kappa shape index (κ3) is 3.22. The highest BCUT2D eigenvalue weighted by atomic mass is 16.2. The maximum atomic E-state index is 11.9. The van der Waals surface area contributed by atoms with Crippen molar-refractivity contribution in [2.75, 3.05) is 27.2 Å². The van der Waals surface area contributed by atoms with Gasteiger partial charge < -0.3 is 15.1 Å². The highest BCUT2D eigenvalue weighted by molar-refractivity contribution is 5.73. The van der Waals surface area contributed by atoms with Gasteiger partial charge in [0.1, 0.15) is 0 Å². The molecule has 0 aromatic heterocycles. The van der Waals surface area contributed by atoms with Gasteiger partial charge in [-0.1, -0.05) is 0 Å². The number of carbonyl (C=O) groups is 1. The smallest absolute Gasteiger partial charge is 0.319 e. The molecular formula is C15H27N3O. The van der Waals surface area contributed by atoms with Crippen molar-refractivity contribution in [2.45, 2.75) is 50.6 Å². The fourth-order valence-electron chi connectivity index (χ4n) is 3.36. The second kappa shape index (κ2) is 5.31. The van der Waals surface area contributed by atoms with Crippen molar-refractivity contribution < 1.29 is 4.79 Å². The van der Waals surface area contributed by atoms with Gasteiger partial charge in [0.05, 0.1) is 0 Å². The van der Waals surface area contributed by atoms with Crippen molar-refractivity contribution >= 4 is 6.03 Å². The van der Waals surface area contributed by atoms with Gasteiger partial charge in [-0.25, -0.2) is 4.79 Å². The molecule has 0 spiro atoms. The number of amides is 2. The number of rotatable bonds is 4. The summed E-state index contributed by atoms with van der Waals surface area (Å²) in [5.74, 6) is 1.93. The Bertz CT molecular complexity index is 316. The van der Waals surface area contributed by atoms with Crippen molar-refractivity contribution in [3.63, 3.8) is 0 Å². The Kier molecular flexibility index (Phi) is 3.70. The van der Waals surface area contributed by atoms with Gasteiger partial charge in [0.25, 0.3) is 0 Å². The van der Waals surface area contributed by atoms with Crippen LogP contribution in [-0.4, -0.2) is 55.1 Å². The van der Waals surface area contributed by atoms with E-state index < -0.39 is 0 Å². The minimum Gasteiger partial charge on any atom is -0.331 e.